The van der Waals surface area contributed by atoms with Crippen LogP contribution in [0.1, 0.15) is 17.2 Å². The highest BCUT2D eigenvalue weighted by Gasteiger charge is 2.11. The summed E-state index contributed by atoms with van der Waals surface area (Å²) >= 11 is 0. The molecule has 6 heteroatoms. The average Bonchev–Trinajstić information content (AvgIpc) is 2.93. The van der Waals surface area contributed by atoms with Crippen LogP contribution in [0.5, 0.6) is 11.6 Å². The number of aromatic nitrogens is 5. The van der Waals surface area contributed by atoms with Crippen LogP contribution in [-0.2, 0) is 0 Å². The monoisotopic (exact) mass is 331 g/mol. The van der Waals surface area contributed by atoms with E-state index in [1.807, 2.05) is 57.2 Å². The molecular formula is C19H17N5O. The van der Waals surface area contributed by atoms with Gasteiger partial charge in [0.05, 0.1) is 5.69 Å². The second-order valence-corrected chi connectivity index (χ2v) is 5.88. The Kier molecular flexibility index (Phi) is 3.65. The molecule has 0 atom stereocenters. The van der Waals surface area contributed by atoms with Gasteiger partial charge in [-0.25, -0.2) is 9.67 Å². The van der Waals surface area contributed by atoms with E-state index in [0.29, 0.717) is 23.3 Å². The first-order valence-corrected chi connectivity index (χ1v) is 8.01. The molecule has 0 radical (unpaired) electrons. The van der Waals surface area contributed by atoms with Crippen molar-refractivity contribution in [2.75, 3.05) is 0 Å². The van der Waals surface area contributed by atoms with Crippen molar-refractivity contribution in [1.82, 2.24) is 24.7 Å². The van der Waals surface area contributed by atoms with Gasteiger partial charge < -0.3 is 4.74 Å². The molecule has 0 aliphatic carbocycles. The van der Waals surface area contributed by atoms with E-state index < -0.39 is 0 Å². The molecule has 0 saturated heterocycles. The van der Waals surface area contributed by atoms with Gasteiger partial charge in [0, 0.05) is 23.3 Å². The molecule has 124 valence electrons. The van der Waals surface area contributed by atoms with E-state index in [4.69, 9.17) is 4.74 Å². The molecule has 3 heterocycles. The molecular weight excluding hydrogens is 314 g/mol. The van der Waals surface area contributed by atoms with Crippen molar-refractivity contribution < 1.29 is 4.74 Å². The van der Waals surface area contributed by atoms with E-state index >= 15 is 0 Å². The molecule has 0 spiro atoms. The Morgan fingerprint density at radius 3 is 2.60 bits per heavy atom. The van der Waals surface area contributed by atoms with Crippen LogP contribution >= 0.6 is 0 Å². The summed E-state index contributed by atoms with van der Waals surface area (Å²) in [6, 6.07) is 13.5. The smallest absolute Gasteiger partial charge is 0.224 e. The standard InChI is InChI=1S/C19H17N5O/c1-12-10-13(2)24(23-12)17-11-18(22-14(3)21-17)25-16-8-4-6-15-7-5-9-20-19(15)16/h4-11H,1-3H3. The summed E-state index contributed by atoms with van der Waals surface area (Å²) in [6.07, 6.45) is 1.75. The zero-order valence-electron chi connectivity index (χ0n) is 14.3. The number of nitrogens with zero attached hydrogens (tertiary/aromatic N) is 5. The van der Waals surface area contributed by atoms with E-state index in [0.717, 1.165) is 22.3 Å². The summed E-state index contributed by atoms with van der Waals surface area (Å²) < 4.78 is 7.82. The Balaban J connectivity index is 1.77. The predicted octanol–water partition coefficient (Wildman–Crippen LogP) is 3.93. The lowest BCUT2D eigenvalue weighted by Gasteiger charge is -2.10. The fourth-order valence-electron chi connectivity index (χ4n) is 2.82. The van der Waals surface area contributed by atoms with Gasteiger partial charge in [-0.3, -0.25) is 4.98 Å². The average molecular weight is 331 g/mol. The van der Waals surface area contributed by atoms with Gasteiger partial charge in [-0.2, -0.15) is 10.1 Å². The number of hydrogen-bond acceptors (Lipinski definition) is 5. The minimum atomic E-state index is 0.466. The highest BCUT2D eigenvalue weighted by Crippen LogP contribution is 2.28. The van der Waals surface area contributed by atoms with E-state index in [1.54, 1.807) is 16.9 Å². The minimum absolute atomic E-state index is 0.466. The summed E-state index contributed by atoms with van der Waals surface area (Å²) in [5, 5.41) is 5.50. The van der Waals surface area contributed by atoms with Gasteiger partial charge >= 0.3 is 0 Å². The van der Waals surface area contributed by atoms with Crippen LogP contribution in [0, 0.1) is 20.8 Å². The van der Waals surface area contributed by atoms with Crippen LogP contribution < -0.4 is 4.74 Å². The molecule has 4 rings (SSSR count). The zero-order chi connectivity index (χ0) is 17.4. The first-order chi connectivity index (χ1) is 12.1. The molecule has 0 amide bonds. The predicted molar refractivity (Wildman–Crippen MR) is 95.2 cm³/mol. The van der Waals surface area contributed by atoms with Gasteiger partial charge in [0.15, 0.2) is 11.6 Å². The number of fused-ring (bicyclic) bond motifs is 1. The largest absolute Gasteiger partial charge is 0.437 e. The number of benzene rings is 1. The molecule has 0 aliphatic heterocycles. The lowest BCUT2D eigenvalue weighted by molar-refractivity contribution is 0.463. The van der Waals surface area contributed by atoms with Gasteiger partial charge in [0.1, 0.15) is 11.3 Å². The normalized spacial score (nSPS) is 11.0. The molecule has 1 aromatic carbocycles. The summed E-state index contributed by atoms with van der Waals surface area (Å²) in [7, 11) is 0. The number of para-hydroxylation sites is 1. The number of ether oxygens (including phenoxy) is 1. The van der Waals surface area contributed by atoms with E-state index in [1.165, 1.54) is 0 Å². The molecule has 0 saturated carbocycles. The zero-order valence-corrected chi connectivity index (χ0v) is 14.3. The van der Waals surface area contributed by atoms with Gasteiger partial charge in [0.25, 0.3) is 0 Å². The Hall–Kier alpha value is -3.28. The van der Waals surface area contributed by atoms with Crippen LogP contribution in [0.3, 0.4) is 0 Å². The summed E-state index contributed by atoms with van der Waals surface area (Å²) in [5.41, 5.74) is 2.75. The van der Waals surface area contributed by atoms with Gasteiger partial charge in [-0.15, -0.1) is 0 Å². The second kappa shape index (κ2) is 5.98. The third kappa shape index (κ3) is 2.94. The molecule has 4 aromatic rings. The maximum atomic E-state index is 6.03. The first-order valence-electron chi connectivity index (χ1n) is 8.01. The minimum Gasteiger partial charge on any atom is -0.437 e. The van der Waals surface area contributed by atoms with Crippen LogP contribution in [-0.4, -0.2) is 24.7 Å². The number of hydrogen-bond donors (Lipinski definition) is 0. The molecule has 0 aliphatic rings. The Morgan fingerprint density at radius 2 is 1.80 bits per heavy atom. The van der Waals surface area contributed by atoms with Crippen molar-refractivity contribution in [2.45, 2.75) is 20.8 Å². The summed E-state index contributed by atoms with van der Waals surface area (Å²) in [6.45, 7) is 5.78. The first kappa shape index (κ1) is 15.3. The molecule has 0 fully saturated rings. The lowest BCUT2D eigenvalue weighted by Crippen LogP contribution is -2.05. The molecule has 0 unspecified atom stereocenters. The number of aryl methyl sites for hydroxylation is 3. The third-order valence-electron chi connectivity index (χ3n) is 3.84. The summed E-state index contributed by atoms with van der Waals surface area (Å²) in [5.74, 6) is 2.43. The highest BCUT2D eigenvalue weighted by molar-refractivity contribution is 5.84. The molecule has 25 heavy (non-hydrogen) atoms. The number of rotatable bonds is 3. The maximum Gasteiger partial charge on any atom is 0.224 e. The second-order valence-electron chi connectivity index (χ2n) is 5.88. The molecule has 0 N–H and O–H groups in total. The quantitative estimate of drug-likeness (QED) is 0.569. The van der Waals surface area contributed by atoms with E-state index in [9.17, 15) is 0 Å². The van der Waals surface area contributed by atoms with Gasteiger partial charge in [-0.05, 0) is 39.0 Å². The van der Waals surface area contributed by atoms with Crippen LogP contribution in [0.15, 0.2) is 48.7 Å². The van der Waals surface area contributed by atoms with Crippen molar-refractivity contribution in [3.63, 3.8) is 0 Å². The fraction of sp³-hybridized carbons (Fsp3) is 0.158. The van der Waals surface area contributed by atoms with Gasteiger partial charge in [-0.1, -0.05) is 18.2 Å². The Morgan fingerprint density at radius 1 is 0.960 bits per heavy atom. The van der Waals surface area contributed by atoms with Crippen molar-refractivity contribution in [1.29, 1.82) is 0 Å². The Labute approximate surface area is 145 Å². The maximum absolute atomic E-state index is 6.03. The highest BCUT2D eigenvalue weighted by atomic mass is 16.5. The van der Waals surface area contributed by atoms with E-state index in [2.05, 4.69) is 20.1 Å². The van der Waals surface area contributed by atoms with Crippen molar-refractivity contribution in [3.8, 4) is 17.4 Å². The van der Waals surface area contributed by atoms with Crippen molar-refractivity contribution in [3.05, 3.63) is 65.9 Å². The third-order valence-corrected chi connectivity index (χ3v) is 3.84. The van der Waals surface area contributed by atoms with Crippen molar-refractivity contribution >= 4 is 10.9 Å². The fourth-order valence-corrected chi connectivity index (χ4v) is 2.82. The van der Waals surface area contributed by atoms with Crippen LogP contribution in [0.2, 0.25) is 0 Å². The van der Waals surface area contributed by atoms with Gasteiger partial charge in [0.2, 0.25) is 5.88 Å². The van der Waals surface area contributed by atoms with Crippen LogP contribution in [0.25, 0.3) is 16.7 Å². The van der Waals surface area contributed by atoms with Crippen molar-refractivity contribution in [2.24, 2.45) is 0 Å². The lowest BCUT2D eigenvalue weighted by atomic mass is 10.2. The van der Waals surface area contributed by atoms with E-state index in [-0.39, 0.29) is 0 Å². The Bertz CT molecular complexity index is 1070. The molecule has 6 nitrogen and oxygen atoms in total. The molecule has 3 aromatic heterocycles. The number of pyridine rings is 1. The van der Waals surface area contributed by atoms with Crippen LogP contribution in [0.4, 0.5) is 0 Å². The molecule has 0 bridgehead atoms. The SMILES string of the molecule is Cc1cc(C)n(-c2cc(Oc3cccc4cccnc34)nc(C)n2)n1. The summed E-state index contributed by atoms with van der Waals surface area (Å²) in [4.78, 5) is 13.3. The topological polar surface area (TPSA) is 65.7 Å².